The maximum absolute atomic E-state index is 6.29. The number of hydrogen-bond acceptors (Lipinski definition) is 3. The lowest BCUT2D eigenvalue weighted by Crippen LogP contribution is -2.55. The van der Waals surface area contributed by atoms with Gasteiger partial charge in [0.05, 0.1) is 0 Å². The molecule has 0 bridgehead atoms. The van der Waals surface area contributed by atoms with E-state index in [0.29, 0.717) is 10.8 Å². The van der Waals surface area contributed by atoms with Gasteiger partial charge in [-0.05, 0) is 208 Å². The lowest BCUT2D eigenvalue weighted by atomic mass is 9.42. The van der Waals surface area contributed by atoms with E-state index in [1.54, 1.807) is 0 Å². The van der Waals surface area contributed by atoms with Crippen molar-refractivity contribution in [1.29, 1.82) is 0 Å². The van der Waals surface area contributed by atoms with Crippen molar-refractivity contribution in [3.05, 3.63) is 131 Å². The van der Waals surface area contributed by atoms with Crippen LogP contribution in [0, 0.1) is 46.3 Å². The molecule has 4 aromatic rings. The number of anilines is 2. The van der Waals surface area contributed by atoms with Crippen LogP contribution < -0.4 is 16.2 Å². The molecule has 296 valence electrons. The van der Waals surface area contributed by atoms with E-state index in [-0.39, 0.29) is 5.41 Å². The predicted octanol–water partition coefficient (Wildman–Crippen LogP) is 14.0. The third-order valence-electron chi connectivity index (χ3n) is 16.3. The summed E-state index contributed by atoms with van der Waals surface area (Å²) in [6, 6.07) is 34.9. The molecule has 3 nitrogen and oxygen atoms in total. The van der Waals surface area contributed by atoms with Crippen LogP contribution in [0.25, 0.3) is 0 Å². The van der Waals surface area contributed by atoms with Crippen LogP contribution in [0.5, 0.6) is 11.5 Å². The molecule has 4 aromatic carbocycles. The highest BCUT2D eigenvalue weighted by molar-refractivity contribution is 5.47. The van der Waals surface area contributed by atoms with E-state index in [4.69, 9.17) is 16.2 Å². The van der Waals surface area contributed by atoms with E-state index in [1.807, 2.05) is 36.4 Å². The lowest BCUT2D eigenvalue weighted by Gasteiger charge is -2.63. The van der Waals surface area contributed by atoms with Gasteiger partial charge in [-0.1, -0.05) is 87.4 Å². The van der Waals surface area contributed by atoms with Crippen LogP contribution in [-0.2, 0) is 11.8 Å². The zero-order chi connectivity index (χ0) is 39.1. The molecule has 0 aromatic heterocycles. The van der Waals surface area contributed by atoms with Crippen molar-refractivity contribution in [2.45, 2.75) is 124 Å². The molecule has 4 N–H and O–H groups in total. The summed E-state index contributed by atoms with van der Waals surface area (Å²) in [5.74, 6) is 6.84. The highest BCUT2D eigenvalue weighted by Crippen LogP contribution is 2.70. The highest BCUT2D eigenvalue weighted by atomic mass is 16.5. The van der Waals surface area contributed by atoms with Gasteiger partial charge < -0.3 is 16.2 Å². The van der Waals surface area contributed by atoms with Gasteiger partial charge in [-0.3, -0.25) is 0 Å². The quantitative estimate of drug-likeness (QED) is 0.0912. The number of benzene rings is 4. The van der Waals surface area contributed by atoms with Crippen LogP contribution >= 0.6 is 0 Å². The molecule has 0 spiro atoms. The van der Waals surface area contributed by atoms with Crippen molar-refractivity contribution in [2.24, 2.45) is 46.3 Å². The standard InChI is InChI=1S/C53H68N2O/c1-36(2)8-6-7-9-37(3)48-28-29-49-47-27-18-42-35-53(33-32-51(42,4)50(47)30-31-52(48,49)5,40-14-10-38(11-15-40)34-39-12-19-43(54)20-13-39)41-16-23-45(24-17-41)56-46-25-21-44(55)22-26-46/h8,10-17,19-26,37,42,47-50H,6-7,9,18,27-35,54-55H2,1-5H3. The lowest BCUT2D eigenvalue weighted by molar-refractivity contribution is -0.122. The summed E-state index contributed by atoms with van der Waals surface area (Å²) in [6.07, 6.45) is 19.7. The van der Waals surface area contributed by atoms with Gasteiger partial charge in [-0.2, -0.15) is 0 Å². The molecule has 0 amide bonds. The fourth-order valence-corrected chi connectivity index (χ4v) is 13.3. The Bertz CT molecular complexity index is 1870. The molecule has 4 saturated carbocycles. The van der Waals surface area contributed by atoms with Crippen molar-refractivity contribution < 1.29 is 4.74 Å². The van der Waals surface area contributed by atoms with Gasteiger partial charge in [0, 0.05) is 16.8 Å². The predicted molar refractivity (Wildman–Crippen MR) is 236 cm³/mol. The first-order valence-corrected chi connectivity index (χ1v) is 22.2. The second-order valence-electron chi connectivity index (χ2n) is 19.7. The summed E-state index contributed by atoms with van der Waals surface area (Å²) in [5.41, 5.74) is 21.5. The van der Waals surface area contributed by atoms with E-state index in [9.17, 15) is 0 Å². The smallest absolute Gasteiger partial charge is 0.127 e. The summed E-state index contributed by atoms with van der Waals surface area (Å²) in [5, 5.41) is 0. The van der Waals surface area contributed by atoms with Crippen molar-refractivity contribution >= 4 is 11.4 Å². The summed E-state index contributed by atoms with van der Waals surface area (Å²) >= 11 is 0. The second kappa shape index (κ2) is 15.8. The molecule has 0 saturated heterocycles. The Morgan fingerprint density at radius 2 is 1.25 bits per heavy atom. The molecular weight excluding hydrogens is 681 g/mol. The van der Waals surface area contributed by atoms with Gasteiger partial charge in [0.25, 0.3) is 0 Å². The monoisotopic (exact) mass is 749 g/mol. The summed E-state index contributed by atoms with van der Waals surface area (Å²) in [6.45, 7) is 12.6. The van der Waals surface area contributed by atoms with E-state index >= 15 is 0 Å². The van der Waals surface area contributed by atoms with Gasteiger partial charge in [0.1, 0.15) is 11.5 Å². The molecule has 56 heavy (non-hydrogen) atoms. The Labute approximate surface area is 338 Å². The second-order valence-corrected chi connectivity index (χ2v) is 19.7. The number of allylic oxidation sites excluding steroid dienone is 2. The number of nitrogens with two attached hydrogens (primary N) is 2. The van der Waals surface area contributed by atoms with Crippen molar-refractivity contribution in [2.75, 3.05) is 11.5 Å². The molecule has 9 atom stereocenters. The third kappa shape index (κ3) is 7.45. The van der Waals surface area contributed by atoms with Gasteiger partial charge >= 0.3 is 0 Å². The van der Waals surface area contributed by atoms with E-state index in [1.165, 1.54) is 105 Å². The number of hydrogen-bond donors (Lipinski definition) is 2. The fraction of sp³-hybridized carbons (Fsp3) is 0.509. The van der Waals surface area contributed by atoms with Gasteiger partial charge in [0.2, 0.25) is 0 Å². The zero-order valence-corrected chi connectivity index (χ0v) is 35.0. The van der Waals surface area contributed by atoms with E-state index in [0.717, 1.165) is 64.8 Å². The zero-order valence-electron chi connectivity index (χ0n) is 35.0. The molecule has 3 heteroatoms. The van der Waals surface area contributed by atoms with Crippen molar-refractivity contribution in [3.63, 3.8) is 0 Å². The SMILES string of the molecule is CC(C)=CCCCC(C)C1CCC2C3CCC4CC(c5ccc(Cc6ccc(N)cc6)cc5)(c5ccc(Oc6ccc(N)cc6)cc5)CCC4(C)C3CCC12C. The number of nitrogen functional groups attached to an aromatic ring is 2. The summed E-state index contributed by atoms with van der Waals surface area (Å²) in [7, 11) is 0. The topological polar surface area (TPSA) is 61.3 Å². The number of fused-ring (bicyclic) bond motifs is 5. The molecule has 4 aliphatic rings. The first-order chi connectivity index (χ1) is 27.0. The number of unbranched alkanes of at least 4 members (excludes halogenated alkanes) is 1. The minimum Gasteiger partial charge on any atom is -0.457 e. The maximum Gasteiger partial charge on any atom is 0.127 e. The van der Waals surface area contributed by atoms with Crippen LogP contribution in [0.15, 0.2) is 109 Å². The van der Waals surface area contributed by atoms with E-state index < -0.39 is 0 Å². The van der Waals surface area contributed by atoms with Crippen molar-refractivity contribution in [1.82, 2.24) is 0 Å². The molecule has 4 fully saturated rings. The van der Waals surface area contributed by atoms with Gasteiger partial charge in [-0.15, -0.1) is 0 Å². The average molecular weight is 749 g/mol. The maximum atomic E-state index is 6.29. The van der Waals surface area contributed by atoms with Crippen molar-refractivity contribution in [3.8, 4) is 11.5 Å². The van der Waals surface area contributed by atoms with Crippen LogP contribution in [0.4, 0.5) is 11.4 Å². The molecule has 0 aliphatic heterocycles. The Balaban J connectivity index is 1.04. The molecule has 0 radical (unpaired) electrons. The first-order valence-electron chi connectivity index (χ1n) is 22.2. The molecule has 8 rings (SSSR count). The van der Waals surface area contributed by atoms with Crippen LogP contribution in [0.2, 0.25) is 0 Å². The minimum atomic E-state index is -0.0148. The first kappa shape index (κ1) is 38.9. The third-order valence-corrected chi connectivity index (χ3v) is 16.3. The largest absolute Gasteiger partial charge is 0.457 e. The summed E-state index contributed by atoms with van der Waals surface area (Å²) < 4.78 is 6.29. The Morgan fingerprint density at radius 1 is 0.679 bits per heavy atom. The Hall–Kier alpha value is -3.98. The van der Waals surface area contributed by atoms with Crippen LogP contribution in [0.3, 0.4) is 0 Å². The van der Waals surface area contributed by atoms with Gasteiger partial charge in [-0.25, -0.2) is 0 Å². The molecular formula is C53H68N2O. The van der Waals surface area contributed by atoms with Gasteiger partial charge in [0.15, 0.2) is 0 Å². The van der Waals surface area contributed by atoms with E-state index in [2.05, 4.69) is 101 Å². The molecule has 4 aliphatic carbocycles. The summed E-state index contributed by atoms with van der Waals surface area (Å²) in [4.78, 5) is 0. The average Bonchev–Trinajstić information content (AvgIpc) is 3.56. The number of ether oxygens (including phenoxy) is 1. The minimum absolute atomic E-state index is 0.0148. The van der Waals surface area contributed by atoms with Crippen LogP contribution in [0.1, 0.15) is 134 Å². The Morgan fingerprint density at radius 3 is 1.89 bits per heavy atom. The Kier molecular flexibility index (Phi) is 10.9. The normalized spacial score (nSPS) is 31.4. The fourth-order valence-electron chi connectivity index (χ4n) is 13.3. The number of rotatable bonds is 11. The highest BCUT2D eigenvalue weighted by Gasteiger charge is 2.62. The molecule has 9 unspecified atom stereocenters. The van der Waals surface area contributed by atoms with Crippen LogP contribution in [-0.4, -0.2) is 0 Å². The molecule has 0 heterocycles.